The SMILES string of the molecule is O=C(c1cc(-c2ccc(Cl)cc2)on1)N(Cc1ccccc1)[C@H]1CCS(=O)(=O)C1. The van der Waals surface area contributed by atoms with Gasteiger partial charge in [-0.25, -0.2) is 8.42 Å². The van der Waals surface area contributed by atoms with Gasteiger partial charge in [0.25, 0.3) is 5.91 Å². The highest BCUT2D eigenvalue weighted by Gasteiger charge is 2.36. The summed E-state index contributed by atoms with van der Waals surface area (Å²) in [5.74, 6) is 0.155. The van der Waals surface area contributed by atoms with Crippen LogP contribution in [-0.2, 0) is 16.4 Å². The van der Waals surface area contributed by atoms with E-state index in [1.54, 1.807) is 35.2 Å². The first kappa shape index (κ1) is 19.7. The van der Waals surface area contributed by atoms with E-state index in [1.165, 1.54) is 0 Å². The number of hydrogen-bond acceptors (Lipinski definition) is 5. The van der Waals surface area contributed by atoms with Crippen molar-refractivity contribution in [3.63, 3.8) is 0 Å². The van der Waals surface area contributed by atoms with E-state index in [-0.39, 0.29) is 29.1 Å². The summed E-state index contributed by atoms with van der Waals surface area (Å²) < 4.78 is 29.3. The van der Waals surface area contributed by atoms with Gasteiger partial charge >= 0.3 is 0 Å². The maximum absolute atomic E-state index is 13.2. The van der Waals surface area contributed by atoms with Crippen molar-refractivity contribution in [3.8, 4) is 11.3 Å². The van der Waals surface area contributed by atoms with E-state index in [1.807, 2.05) is 30.3 Å². The van der Waals surface area contributed by atoms with Crippen LogP contribution in [-0.4, -0.2) is 41.9 Å². The van der Waals surface area contributed by atoms with Crippen LogP contribution in [0.15, 0.2) is 65.2 Å². The van der Waals surface area contributed by atoms with Crippen molar-refractivity contribution in [2.24, 2.45) is 0 Å². The predicted octanol–water partition coefficient (Wildman–Crippen LogP) is 3.82. The monoisotopic (exact) mass is 430 g/mol. The molecule has 0 radical (unpaired) electrons. The Hall–Kier alpha value is -2.64. The Morgan fingerprint density at radius 3 is 2.52 bits per heavy atom. The van der Waals surface area contributed by atoms with Gasteiger partial charge in [0, 0.05) is 29.2 Å². The summed E-state index contributed by atoms with van der Waals surface area (Å²) in [6, 6.07) is 17.7. The zero-order valence-electron chi connectivity index (χ0n) is 15.5. The van der Waals surface area contributed by atoms with Gasteiger partial charge < -0.3 is 9.42 Å². The van der Waals surface area contributed by atoms with Crippen molar-refractivity contribution in [2.75, 3.05) is 11.5 Å². The average Bonchev–Trinajstić information content (AvgIpc) is 3.34. The van der Waals surface area contributed by atoms with Crippen LogP contribution in [0.4, 0.5) is 0 Å². The lowest BCUT2D eigenvalue weighted by Crippen LogP contribution is -2.40. The van der Waals surface area contributed by atoms with Crippen molar-refractivity contribution in [3.05, 3.63) is 76.9 Å². The second-order valence-electron chi connectivity index (χ2n) is 7.06. The molecular formula is C21H19ClN2O4S. The number of aromatic nitrogens is 1. The van der Waals surface area contributed by atoms with Gasteiger partial charge in [0.1, 0.15) is 0 Å². The quantitative estimate of drug-likeness (QED) is 0.614. The highest BCUT2D eigenvalue weighted by molar-refractivity contribution is 7.91. The molecule has 1 aliphatic rings. The normalized spacial score (nSPS) is 17.9. The van der Waals surface area contributed by atoms with Gasteiger partial charge in [-0.05, 0) is 36.2 Å². The van der Waals surface area contributed by atoms with Crippen molar-refractivity contribution in [2.45, 2.75) is 19.0 Å². The summed E-state index contributed by atoms with van der Waals surface area (Å²) in [4.78, 5) is 14.8. The van der Waals surface area contributed by atoms with Crippen molar-refractivity contribution >= 4 is 27.3 Å². The summed E-state index contributed by atoms with van der Waals surface area (Å²) in [5, 5.41) is 4.53. The van der Waals surface area contributed by atoms with Crippen molar-refractivity contribution < 1.29 is 17.7 Å². The lowest BCUT2D eigenvalue weighted by atomic mass is 10.1. The minimum atomic E-state index is -3.14. The van der Waals surface area contributed by atoms with Gasteiger partial charge in [-0.3, -0.25) is 4.79 Å². The standard InChI is InChI=1S/C21H19ClN2O4S/c22-17-8-6-16(7-9-17)20-12-19(23-28-20)21(25)24(13-15-4-2-1-3-5-15)18-10-11-29(26,27)14-18/h1-9,12,18H,10-11,13-14H2/t18-/m0/s1. The molecule has 1 amide bonds. The number of rotatable bonds is 5. The number of carbonyl (C=O) groups excluding carboxylic acids is 1. The fourth-order valence-electron chi connectivity index (χ4n) is 3.44. The molecule has 150 valence electrons. The smallest absolute Gasteiger partial charge is 0.276 e. The van der Waals surface area contributed by atoms with Crippen molar-refractivity contribution in [1.29, 1.82) is 0 Å². The lowest BCUT2D eigenvalue weighted by molar-refractivity contribution is 0.0670. The Balaban J connectivity index is 1.62. The molecule has 8 heteroatoms. The van der Waals surface area contributed by atoms with Crippen LogP contribution in [0.1, 0.15) is 22.5 Å². The molecule has 0 N–H and O–H groups in total. The van der Waals surface area contributed by atoms with E-state index in [0.29, 0.717) is 23.7 Å². The third kappa shape index (κ3) is 4.52. The zero-order valence-corrected chi connectivity index (χ0v) is 17.1. The first-order valence-corrected chi connectivity index (χ1v) is 11.4. The maximum Gasteiger partial charge on any atom is 0.276 e. The molecule has 0 bridgehead atoms. The number of nitrogens with zero attached hydrogens (tertiary/aromatic N) is 2. The molecule has 0 unspecified atom stereocenters. The third-order valence-electron chi connectivity index (χ3n) is 4.96. The number of benzene rings is 2. The largest absolute Gasteiger partial charge is 0.355 e. The number of amides is 1. The van der Waals surface area contributed by atoms with E-state index < -0.39 is 9.84 Å². The van der Waals surface area contributed by atoms with Gasteiger partial charge in [-0.15, -0.1) is 0 Å². The van der Waals surface area contributed by atoms with Crippen LogP contribution in [0.2, 0.25) is 5.02 Å². The Morgan fingerprint density at radius 1 is 1.14 bits per heavy atom. The minimum Gasteiger partial charge on any atom is -0.355 e. The maximum atomic E-state index is 13.2. The summed E-state index contributed by atoms with van der Waals surface area (Å²) >= 11 is 5.91. The topological polar surface area (TPSA) is 80.5 Å². The molecule has 1 fully saturated rings. The molecule has 1 aliphatic heterocycles. The van der Waals surface area contributed by atoms with E-state index in [2.05, 4.69) is 5.16 Å². The molecule has 6 nitrogen and oxygen atoms in total. The second-order valence-corrected chi connectivity index (χ2v) is 9.72. The third-order valence-corrected chi connectivity index (χ3v) is 6.97. The molecule has 2 heterocycles. The molecule has 1 saturated heterocycles. The number of carbonyl (C=O) groups is 1. The van der Waals surface area contributed by atoms with Crippen molar-refractivity contribution in [1.82, 2.24) is 10.1 Å². The molecule has 0 saturated carbocycles. The van der Waals surface area contributed by atoms with Gasteiger partial charge in [0.05, 0.1) is 11.5 Å². The van der Waals surface area contributed by atoms with Crippen LogP contribution in [0.5, 0.6) is 0 Å². The molecule has 0 spiro atoms. The van der Waals surface area contributed by atoms with E-state index >= 15 is 0 Å². The highest BCUT2D eigenvalue weighted by atomic mass is 35.5. The predicted molar refractivity (Wildman–Crippen MR) is 110 cm³/mol. The average molecular weight is 431 g/mol. The van der Waals surface area contributed by atoms with Crippen LogP contribution >= 0.6 is 11.6 Å². The van der Waals surface area contributed by atoms with Gasteiger partial charge in [-0.1, -0.05) is 47.1 Å². The van der Waals surface area contributed by atoms with E-state index in [4.69, 9.17) is 16.1 Å². The van der Waals surface area contributed by atoms with Crippen LogP contribution in [0.25, 0.3) is 11.3 Å². The lowest BCUT2D eigenvalue weighted by Gasteiger charge is -2.27. The Labute approximate surface area is 174 Å². The zero-order chi connectivity index (χ0) is 20.4. The Kier molecular flexibility index (Phi) is 5.43. The molecule has 3 aromatic rings. The van der Waals surface area contributed by atoms with Crippen LogP contribution in [0.3, 0.4) is 0 Å². The van der Waals surface area contributed by atoms with E-state index in [0.717, 1.165) is 11.1 Å². The fourth-order valence-corrected chi connectivity index (χ4v) is 5.30. The van der Waals surface area contributed by atoms with E-state index in [9.17, 15) is 13.2 Å². The van der Waals surface area contributed by atoms with Crippen LogP contribution < -0.4 is 0 Å². The summed E-state index contributed by atoms with van der Waals surface area (Å²) in [7, 11) is -3.14. The minimum absolute atomic E-state index is 0.0343. The molecule has 1 atom stereocenters. The first-order valence-electron chi connectivity index (χ1n) is 9.19. The molecule has 0 aliphatic carbocycles. The number of hydrogen-bond donors (Lipinski definition) is 0. The molecule has 29 heavy (non-hydrogen) atoms. The molecule has 4 rings (SSSR count). The fraction of sp³-hybridized carbons (Fsp3) is 0.238. The number of sulfone groups is 1. The second kappa shape index (κ2) is 8.00. The number of halogens is 1. The highest BCUT2D eigenvalue weighted by Crippen LogP contribution is 2.26. The summed E-state index contributed by atoms with van der Waals surface area (Å²) in [6.07, 6.45) is 0.419. The summed E-state index contributed by atoms with van der Waals surface area (Å²) in [6.45, 7) is 0.309. The Bertz CT molecular complexity index is 1110. The first-order chi connectivity index (χ1) is 13.9. The molecule has 2 aromatic carbocycles. The molecule has 1 aromatic heterocycles. The Morgan fingerprint density at radius 2 is 1.86 bits per heavy atom. The van der Waals surface area contributed by atoms with Crippen LogP contribution in [0, 0.1) is 0 Å². The molecular weight excluding hydrogens is 412 g/mol. The van der Waals surface area contributed by atoms with Gasteiger partial charge in [0.2, 0.25) is 0 Å². The summed E-state index contributed by atoms with van der Waals surface area (Å²) in [5.41, 5.74) is 1.82. The van der Waals surface area contributed by atoms with Gasteiger partial charge in [-0.2, -0.15) is 0 Å². The van der Waals surface area contributed by atoms with Gasteiger partial charge in [0.15, 0.2) is 21.3 Å².